The molecule has 2 heterocycles. The number of fused-ring (bicyclic) bond motifs is 3. The van der Waals surface area contributed by atoms with Crippen molar-refractivity contribution in [2.24, 2.45) is 5.73 Å². The third-order valence-corrected chi connectivity index (χ3v) is 5.91. The summed E-state index contributed by atoms with van der Waals surface area (Å²) in [7, 11) is 2.87. The Labute approximate surface area is 155 Å². The Bertz CT molecular complexity index is 992. The van der Waals surface area contributed by atoms with E-state index in [4.69, 9.17) is 19.9 Å². The number of benzene rings is 2. The van der Waals surface area contributed by atoms with Crippen molar-refractivity contribution in [1.82, 2.24) is 0 Å². The first-order valence-electron chi connectivity index (χ1n) is 8.14. The highest BCUT2D eigenvalue weighted by atomic mass is 32.1. The number of thiophene rings is 1. The standard InChI is InChI=1S/C20H18N2O3S/c1-23-20(24-2)19(22,12-21)17(16-8-5-11-26-16)15-10-9-13-6-3-4-7-14(13)18(15)25-20/h3-11,17H,22H2,1-2H3. The molecule has 5 nitrogen and oxygen atoms in total. The van der Waals surface area contributed by atoms with Crippen LogP contribution >= 0.6 is 11.3 Å². The molecule has 4 rings (SSSR count). The maximum atomic E-state index is 10.0. The molecule has 1 aliphatic heterocycles. The Balaban J connectivity index is 2.09. The van der Waals surface area contributed by atoms with Gasteiger partial charge in [-0.25, -0.2) is 0 Å². The SMILES string of the molecule is COC1(OC)Oc2c(ccc3ccccc23)C(c2cccs2)C1(N)C#N. The lowest BCUT2D eigenvalue weighted by Crippen LogP contribution is -2.70. The highest BCUT2D eigenvalue weighted by molar-refractivity contribution is 7.10. The number of hydrogen-bond donors (Lipinski definition) is 1. The molecule has 0 spiro atoms. The number of rotatable bonds is 3. The van der Waals surface area contributed by atoms with Gasteiger partial charge in [-0.05, 0) is 16.8 Å². The van der Waals surface area contributed by atoms with E-state index in [0.717, 1.165) is 21.2 Å². The van der Waals surface area contributed by atoms with Gasteiger partial charge in [0.15, 0.2) is 0 Å². The highest BCUT2D eigenvalue weighted by Gasteiger charge is 2.63. The molecule has 2 aromatic carbocycles. The summed E-state index contributed by atoms with van der Waals surface area (Å²) in [5.74, 6) is -1.56. The summed E-state index contributed by atoms with van der Waals surface area (Å²) in [5, 5.41) is 14.0. The summed E-state index contributed by atoms with van der Waals surface area (Å²) in [4.78, 5) is 0.951. The van der Waals surface area contributed by atoms with Gasteiger partial charge in [-0.15, -0.1) is 11.3 Å². The Morgan fingerprint density at radius 1 is 1.12 bits per heavy atom. The average Bonchev–Trinajstić information content (AvgIpc) is 3.21. The number of ether oxygens (including phenoxy) is 3. The van der Waals surface area contributed by atoms with Crippen LogP contribution < -0.4 is 10.5 Å². The zero-order chi connectivity index (χ0) is 18.4. The summed E-state index contributed by atoms with van der Waals surface area (Å²) in [5.41, 5.74) is 5.90. The molecule has 0 saturated heterocycles. The fraction of sp³-hybridized carbons (Fsp3) is 0.250. The molecule has 3 aromatic rings. The lowest BCUT2D eigenvalue weighted by molar-refractivity contribution is -0.352. The van der Waals surface area contributed by atoms with E-state index in [2.05, 4.69) is 6.07 Å². The largest absolute Gasteiger partial charge is 0.436 e. The van der Waals surface area contributed by atoms with Crippen LogP contribution in [0.1, 0.15) is 16.4 Å². The van der Waals surface area contributed by atoms with E-state index in [1.807, 2.05) is 53.9 Å². The monoisotopic (exact) mass is 366 g/mol. The van der Waals surface area contributed by atoms with Crippen LogP contribution in [0.5, 0.6) is 5.75 Å². The zero-order valence-corrected chi connectivity index (χ0v) is 15.2. The molecular formula is C20H18N2O3S. The van der Waals surface area contributed by atoms with Gasteiger partial charge >= 0.3 is 5.97 Å². The normalized spacial score (nSPS) is 23.8. The van der Waals surface area contributed by atoms with Crippen LogP contribution in [-0.2, 0) is 9.47 Å². The van der Waals surface area contributed by atoms with Crippen molar-refractivity contribution in [2.45, 2.75) is 17.4 Å². The predicted molar refractivity (Wildman–Crippen MR) is 100 cm³/mol. The van der Waals surface area contributed by atoms with E-state index in [1.54, 1.807) is 11.3 Å². The Morgan fingerprint density at radius 2 is 1.88 bits per heavy atom. The molecule has 1 aromatic heterocycles. The Hall–Kier alpha value is -2.43. The molecule has 0 fully saturated rings. The molecule has 6 heteroatoms. The summed E-state index contributed by atoms with van der Waals surface area (Å²) in [6, 6.07) is 18.0. The van der Waals surface area contributed by atoms with Crippen molar-refractivity contribution >= 4 is 22.1 Å². The topological polar surface area (TPSA) is 77.5 Å². The second-order valence-corrected chi connectivity index (χ2v) is 7.18. The van der Waals surface area contributed by atoms with E-state index in [0.29, 0.717) is 5.75 Å². The molecule has 26 heavy (non-hydrogen) atoms. The minimum atomic E-state index is -1.73. The molecule has 1 aliphatic rings. The van der Waals surface area contributed by atoms with Crippen molar-refractivity contribution in [3.05, 3.63) is 64.4 Å². The van der Waals surface area contributed by atoms with Gasteiger partial charge < -0.3 is 19.9 Å². The summed E-state index contributed by atoms with van der Waals surface area (Å²) in [6.45, 7) is 0. The molecule has 0 amide bonds. The molecule has 0 bridgehead atoms. The van der Waals surface area contributed by atoms with E-state index in [9.17, 15) is 5.26 Å². The van der Waals surface area contributed by atoms with Crippen LogP contribution in [0.2, 0.25) is 0 Å². The van der Waals surface area contributed by atoms with Crippen molar-refractivity contribution in [3.63, 3.8) is 0 Å². The number of methoxy groups -OCH3 is 2. The molecule has 132 valence electrons. The minimum absolute atomic E-state index is 0.458. The minimum Gasteiger partial charge on any atom is -0.436 e. The molecule has 2 N–H and O–H groups in total. The first-order valence-corrected chi connectivity index (χ1v) is 9.02. The second kappa shape index (κ2) is 6.08. The smallest absolute Gasteiger partial charge is 0.361 e. The first kappa shape index (κ1) is 17.0. The lowest BCUT2D eigenvalue weighted by Gasteiger charge is -2.48. The molecule has 0 radical (unpaired) electrons. The van der Waals surface area contributed by atoms with Crippen LogP contribution in [0.15, 0.2) is 53.9 Å². The number of nitrogens with two attached hydrogens (primary N) is 1. The number of nitrogens with zero attached hydrogens (tertiary/aromatic N) is 1. The summed E-state index contributed by atoms with van der Waals surface area (Å²) < 4.78 is 17.3. The van der Waals surface area contributed by atoms with Gasteiger partial charge in [0.25, 0.3) is 0 Å². The van der Waals surface area contributed by atoms with Gasteiger partial charge in [-0.2, -0.15) is 5.26 Å². The fourth-order valence-electron chi connectivity index (χ4n) is 3.71. The average molecular weight is 366 g/mol. The number of hydrogen-bond acceptors (Lipinski definition) is 6. The van der Waals surface area contributed by atoms with E-state index in [-0.39, 0.29) is 0 Å². The van der Waals surface area contributed by atoms with Gasteiger partial charge in [0, 0.05) is 30.0 Å². The van der Waals surface area contributed by atoms with E-state index >= 15 is 0 Å². The molecule has 0 aliphatic carbocycles. The van der Waals surface area contributed by atoms with Crippen molar-refractivity contribution in [3.8, 4) is 11.8 Å². The Kier molecular flexibility index (Phi) is 3.98. The molecule has 2 unspecified atom stereocenters. The van der Waals surface area contributed by atoms with Crippen LogP contribution in [-0.4, -0.2) is 25.7 Å². The van der Waals surface area contributed by atoms with Crippen LogP contribution in [0, 0.1) is 11.3 Å². The Morgan fingerprint density at radius 3 is 2.54 bits per heavy atom. The number of nitriles is 1. The van der Waals surface area contributed by atoms with E-state index < -0.39 is 17.4 Å². The summed E-state index contributed by atoms with van der Waals surface area (Å²) in [6.07, 6.45) is 0. The third-order valence-electron chi connectivity index (χ3n) is 4.97. The lowest BCUT2D eigenvalue weighted by atomic mass is 9.75. The second-order valence-electron chi connectivity index (χ2n) is 6.20. The van der Waals surface area contributed by atoms with Gasteiger partial charge in [0.1, 0.15) is 5.75 Å². The van der Waals surface area contributed by atoms with Crippen LogP contribution in [0.4, 0.5) is 0 Å². The zero-order valence-electron chi connectivity index (χ0n) is 14.4. The highest BCUT2D eigenvalue weighted by Crippen LogP contribution is 2.52. The van der Waals surface area contributed by atoms with Gasteiger partial charge in [0.05, 0.1) is 12.0 Å². The maximum Gasteiger partial charge on any atom is 0.361 e. The van der Waals surface area contributed by atoms with Crippen LogP contribution in [0.25, 0.3) is 10.8 Å². The summed E-state index contributed by atoms with van der Waals surface area (Å²) >= 11 is 1.54. The predicted octanol–water partition coefficient (Wildman–Crippen LogP) is 3.59. The maximum absolute atomic E-state index is 10.0. The van der Waals surface area contributed by atoms with Crippen molar-refractivity contribution in [1.29, 1.82) is 5.26 Å². The van der Waals surface area contributed by atoms with Crippen molar-refractivity contribution < 1.29 is 14.2 Å². The van der Waals surface area contributed by atoms with Crippen molar-refractivity contribution in [2.75, 3.05) is 14.2 Å². The third kappa shape index (κ3) is 2.12. The van der Waals surface area contributed by atoms with Gasteiger partial charge in [0.2, 0.25) is 5.54 Å². The van der Waals surface area contributed by atoms with E-state index in [1.165, 1.54) is 14.2 Å². The molecule has 0 saturated carbocycles. The van der Waals surface area contributed by atoms with Crippen LogP contribution in [0.3, 0.4) is 0 Å². The quantitative estimate of drug-likeness (QED) is 0.717. The molecule has 2 atom stereocenters. The first-order chi connectivity index (χ1) is 12.6. The van der Waals surface area contributed by atoms with Gasteiger partial charge in [-0.3, -0.25) is 0 Å². The van der Waals surface area contributed by atoms with Gasteiger partial charge in [-0.1, -0.05) is 42.5 Å². The fourth-order valence-corrected chi connectivity index (χ4v) is 4.63. The molecular weight excluding hydrogens is 348 g/mol.